The number of amides is 1. The first-order valence-corrected chi connectivity index (χ1v) is 9.50. The van der Waals surface area contributed by atoms with Crippen LogP contribution in [0.15, 0.2) is 21.3 Å². The van der Waals surface area contributed by atoms with E-state index in [9.17, 15) is 4.79 Å². The lowest BCUT2D eigenvalue weighted by atomic mass is 9.98. The first kappa shape index (κ1) is 18.4. The number of thiophene rings is 1. The van der Waals surface area contributed by atoms with Gasteiger partial charge < -0.3 is 14.7 Å². The van der Waals surface area contributed by atoms with Crippen LogP contribution in [0.25, 0.3) is 11.4 Å². The van der Waals surface area contributed by atoms with Gasteiger partial charge in [0.2, 0.25) is 17.6 Å². The minimum atomic E-state index is 0. The molecule has 1 N–H and O–H groups in total. The quantitative estimate of drug-likeness (QED) is 0.860. The lowest BCUT2D eigenvalue weighted by molar-refractivity contribution is -0.132. The van der Waals surface area contributed by atoms with Crippen LogP contribution < -0.4 is 5.32 Å². The molecule has 2 aromatic heterocycles. The van der Waals surface area contributed by atoms with Gasteiger partial charge in [-0.25, -0.2) is 0 Å². The van der Waals surface area contributed by atoms with Crippen LogP contribution in [-0.4, -0.2) is 46.1 Å². The van der Waals surface area contributed by atoms with Gasteiger partial charge >= 0.3 is 0 Å². The van der Waals surface area contributed by atoms with Crippen LogP contribution in [0.5, 0.6) is 0 Å². The lowest BCUT2D eigenvalue weighted by Gasteiger charge is -2.35. The Balaban J connectivity index is 0.00000182. The van der Waals surface area contributed by atoms with Crippen LogP contribution in [0.4, 0.5) is 0 Å². The number of carbonyl (C=O) groups is 1. The van der Waals surface area contributed by atoms with Crippen molar-refractivity contribution in [2.75, 3.05) is 7.05 Å². The summed E-state index contributed by atoms with van der Waals surface area (Å²) in [7, 11) is 1.93. The predicted octanol–water partition coefficient (Wildman–Crippen LogP) is 2.89. The summed E-state index contributed by atoms with van der Waals surface area (Å²) in [6, 6.07) is 3.51. The molecule has 2 fully saturated rings. The Labute approximate surface area is 157 Å². The van der Waals surface area contributed by atoms with Crippen molar-refractivity contribution in [1.29, 1.82) is 0 Å². The highest BCUT2D eigenvalue weighted by atomic mass is 35.5. The Morgan fingerprint density at radius 2 is 2.16 bits per heavy atom. The number of fused-ring (bicyclic) bond motifs is 2. The van der Waals surface area contributed by atoms with E-state index in [4.69, 9.17) is 4.52 Å². The number of hydrogen-bond donors (Lipinski definition) is 1. The highest BCUT2D eigenvalue weighted by Crippen LogP contribution is 2.29. The molecule has 1 amide bonds. The molecule has 2 bridgehead atoms. The second kappa shape index (κ2) is 7.85. The van der Waals surface area contributed by atoms with Crippen LogP contribution >= 0.6 is 23.7 Å². The molecule has 25 heavy (non-hydrogen) atoms. The third-order valence-electron chi connectivity index (χ3n) is 5.19. The summed E-state index contributed by atoms with van der Waals surface area (Å²) in [6.45, 7) is 0. The van der Waals surface area contributed by atoms with E-state index >= 15 is 0 Å². The number of aromatic nitrogens is 2. The fourth-order valence-corrected chi connectivity index (χ4v) is 4.44. The average molecular weight is 383 g/mol. The van der Waals surface area contributed by atoms with Crippen LogP contribution in [0.1, 0.15) is 38.0 Å². The molecule has 0 aliphatic carbocycles. The van der Waals surface area contributed by atoms with Crippen molar-refractivity contribution >= 4 is 29.7 Å². The second-order valence-corrected chi connectivity index (χ2v) is 7.57. The number of nitrogens with one attached hydrogen (secondary N) is 1. The molecule has 6 nitrogen and oxygen atoms in total. The molecule has 2 saturated heterocycles. The fraction of sp³-hybridized carbons (Fsp3) is 0.588. The second-order valence-electron chi connectivity index (χ2n) is 6.79. The maximum atomic E-state index is 12.5. The summed E-state index contributed by atoms with van der Waals surface area (Å²) < 4.78 is 5.27. The largest absolute Gasteiger partial charge is 0.343 e. The number of nitrogens with zero attached hydrogens (tertiary/aromatic N) is 3. The van der Waals surface area contributed by atoms with Gasteiger partial charge in [-0.05, 0) is 37.1 Å². The van der Waals surface area contributed by atoms with E-state index in [-0.39, 0.29) is 18.3 Å². The van der Waals surface area contributed by atoms with E-state index in [2.05, 4.69) is 15.5 Å². The Morgan fingerprint density at radius 1 is 1.40 bits per heavy atom. The minimum Gasteiger partial charge on any atom is -0.343 e. The zero-order valence-electron chi connectivity index (χ0n) is 14.2. The summed E-state index contributed by atoms with van der Waals surface area (Å²) in [4.78, 5) is 18.8. The molecule has 0 radical (unpaired) electrons. The lowest BCUT2D eigenvalue weighted by Crippen LogP contribution is -2.48. The molecule has 2 aliphatic rings. The van der Waals surface area contributed by atoms with Gasteiger partial charge in [0.1, 0.15) is 0 Å². The van der Waals surface area contributed by atoms with Gasteiger partial charge in [-0.2, -0.15) is 16.3 Å². The standard InChI is InChI=1S/C17H22N4O2S.ClH/c1-21(14-8-12-2-3-13(9-14)18-12)16(22)5-4-15-19-17(20-23-15)11-6-7-24-10-11;/h6-7,10,12-14,18H,2-5,8-9H2,1H3;1H. The van der Waals surface area contributed by atoms with Crippen LogP contribution in [0.2, 0.25) is 0 Å². The number of hydrogen-bond acceptors (Lipinski definition) is 6. The summed E-state index contributed by atoms with van der Waals surface area (Å²) >= 11 is 1.60. The van der Waals surface area contributed by atoms with E-state index in [1.54, 1.807) is 11.3 Å². The molecule has 4 heterocycles. The van der Waals surface area contributed by atoms with Crippen molar-refractivity contribution in [1.82, 2.24) is 20.4 Å². The van der Waals surface area contributed by atoms with Gasteiger partial charge in [-0.15, -0.1) is 12.4 Å². The number of carbonyl (C=O) groups excluding carboxylic acids is 1. The fourth-order valence-electron chi connectivity index (χ4n) is 3.80. The Hall–Kier alpha value is -1.44. The Morgan fingerprint density at radius 3 is 2.84 bits per heavy atom. The zero-order chi connectivity index (χ0) is 16.5. The summed E-state index contributed by atoms with van der Waals surface area (Å²) in [5.41, 5.74) is 0.962. The maximum absolute atomic E-state index is 12.5. The monoisotopic (exact) mass is 382 g/mol. The SMILES string of the molecule is CN(C(=O)CCc1nc(-c2ccsc2)no1)C1CC2CCC(C1)N2.Cl. The molecule has 0 aromatic carbocycles. The highest BCUT2D eigenvalue weighted by Gasteiger charge is 2.36. The van der Waals surface area contributed by atoms with E-state index < -0.39 is 0 Å². The molecule has 2 aliphatic heterocycles. The highest BCUT2D eigenvalue weighted by molar-refractivity contribution is 7.08. The molecule has 2 atom stereocenters. The van der Waals surface area contributed by atoms with Crippen LogP contribution in [0.3, 0.4) is 0 Å². The maximum Gasteiger partial charge on any atom is 0.227 e. The Kier molecular flexibility index (Phi) is 5.76. The predicted molar refractivity (Wildman–Crippen MR) is 98.9 cm³/mol. The number of piperidine rings is 1. The van der Waals surface area contributed by atoms with Gasteiger partial charge in [0.15, 0.2) is 0 Å². The zero-order valence-corrected chi connectivity index (χ0v) is 15.8. The third kappa shape index (κ3) is 4.04. The molecule has 8 heteroatoms. The van der Waals surface area contributed by atoms with E-state index in [1.807, 2.05) is 28.8 Å². The first-order valence-electron chi connectivity index (χ1n) is 8.56. The molecule has 0 saturated carbocycles. The topological polar surface area (TPSA) is 71.3 Å². The summed E-state index contributed by atoms with van der Waals surface area (Å²) in [5.74, 6) is 1.29. The molecule has 2 unspecified atom stereocenters. The van der Waals surface area contributed by atoms with Crippen molar-refractivity contribution in [3.63, 3.8) is 0 Å². The number of rotatable bonds is 5. The van der Waals surface area contributed by atoms with Crippen molar-refractivity contribution in [3.05, 3.63) is 22.7 Å². The average Bonchev–Trinajstić information content (AvgIpc) is 3.32. The van der Waals surface area contributed by atoms with E-state index in [0.29, 0.717) is 42.7 Å². The van der Waals surface area contributed by atoms with Crippen molar-refractivity contribution in [2.24, 2.45) is 0 Å². The third-order valence-corrected chi connectivity index (χ3v) is 5.87. The molecular weight excluding hydrogens is 360 g/mol. The smallest absolute Gasteiger partial charge is 0.227 e. The van der Waals surface area contributed by atoms with Gasteiger partial charge in [-0.3, -0.25) is 4.79 Å². The van der Waals surface area contributed by atoms with Gasteiger partial charge in [-0.1, -0.05) is 5.16 Å². The molecule has 2 aromatic rings. The first-order chi connectivity index (χ1) is 11.7. The van der Waals surface area contributed by atoms with Crippen LogP contribution in [-0.2, 0) is 11.2 Å². The van der Waals surface area contributed by atoms with Gasteiger partial charge in [0.05, 0.1) is 0 Å². The number of aryl methyl sites for hydroxylation is 1. The minimum absolute atomic E-state index is 0. The van der Waals surface area contributed by atoms with Gasteiger partial charge in [0, 0.05) is 49.0 Å². The van der Waals surface area contributed by atoms with Gasteiger partial charge in [0.25, 0.3) is 0 Å². The van der Waals surface area contributed by atoms with E-state index in [0.717, 1.165) is 18.4 Å². The van der Waals surface area contributed by atoms with Crippen molar-refractivity contribution in [3.8, 4) is 11.4 Å². The molecule has 4 rings (SSSR count). The molecule has 0 spiro atoms. The summed E-state index contributed by atoms with van der Waals surface area (Å²) in [6.07, 6.45) is 5.55. The molecular formula is C17H23ClN4O2S. The van der Waals surface area contributed by atoms with Crippen molar-refractivity contribution in [2.45, 2.75) is 56.7 Å². The number of halogens is 1. The normalized spacial score (nSPS) is 24.8. The Bertz CT molecular complexity index is 693. The summed E-state index contributed by atoms with van der Waals surface area (Å²) in [5, 5.41) is 11.6. The molecule has 136 valence electrons. The van der Waals surface area contributed by atoms with Crippen molar-refractivity contribution < 1.29 is 9.32 Å². The van der Waals surface area contributed by atoms with E-state index in [1.165, 1.54) is 12.8 Å². The van der Waals surface area contributed by atoms with Crippen LogP contribution in [0, 0.1) is 0 Å².